The molecule has 0 aliphatic carbocycles. The van der Waals surface area contributed by atoms with Crippen LogP contribution in [0, 0.1) is 0 Å². The van der Waals surface area contributed by atoms with Gasteiger partial charge in [0, 0.05) is 6.54 Å². The normalized spacial score (nSPS) is 19.9. The van der Waals surface area contributed by atoms with E-state index in [-0.39, 0.29) is 17.9 Å². The SMILES string of the molecule is CC(C)c1cc(C(C)C)c(S(=O)(=O)N2CC2c2ccccc2)c(C(C)C)c1. The lowest BCUT2D eigenvalue weighted by Crippen LogP contribution is -2.19. The molecule has 0 saturated carbocycles. The van der Waals surface area contributed by atoms with Crippen LogP contribution in [0.15, 0.2) is 47.4 Å². The van der Waals surface area contributed by atoms with Crippen LogP contribution in [-0.2, 0) is 10.0 Å². The quantitative estimate of drug-likeness (QED) is 0.589. The zero-order chi connectivity index (χ0) is 19.9. The highest BCUT2D eigenvalue weighted by atomic mass is 32.2. The van der Waals surface area contributed by atoms with E-state index in [0.717, 1.165) is 16.7 Å². The second-order valence-electron chi connectivity index (χ2n) is 8.49. The van der Waals surface area contributed by atoms with Gasteiger partial charge in [0.15, 0.2) is 0 Å². The van der Waals surface area contributed by atoms with Crippen molar-refractivity contribution in [1.29, 1.82) is 0 Å². The van der Waals surface area contributed by atoms with Crippen molar-refractivity contribution in [2.75, 3.05) is 6.54 Å². The number of hydrogen-bond donors (Lipinski definition) is 0. The molecule has 0 amide bonds. The molecule has 3 nitrogen and oxygen atoms in total. The second kappa shape index (κ2) is 7.40. The average Bonchev–Trinajstić information content (AvgIpc) is 3.42. The second-order valence-corrected chi connectivity index (χ2v) is 10.3. The maximum absolute atomic E-state index is 13.6. The van der Waals surface area contributed by atoms with E-state index in [1.807, 2.05) is 30.3 Å². The molecule has 4 heteroatoms. The fourth-order valence-electron chi connectivity index (χ4n) is 3.64. The molecular weight excluding hydrogens is 354 g/mol. The predicted molar refractivity (Wildman–Crippen MR) is 112 cm³/mol. The first-order chi connectivity index (χ1) is 12.6. The van der Waals surface area contributed by atoms with Gasteiger partial charge in [0.05, 0.1) is 10.9 Å². The van der Waals surface area contributed by atoms with Gasteiger partial charge in [-0.05, 0) is 40.0 Å². The maximum Gasteiger partial charge on any atom is 0.244 e. The molecule has 1 saturated heterocycles. The Hall–Kier alpha value is -1.65. The molecule has 1 aliphatic heterocycles. The first-order valence-corrected chi connectivity index (χ1v) is 11.3. The zero-order valence-corrected chi connectivity index (χ0v) is 18.0. The smallest absolute Gasteiger partial charge is 0.207 e. The first-order valence-electron chi connectivity index (χ1n) is 9.89. The van der Waals surface area contributed by atoms with Crippen molar-refractivity contribution in [2.45, 2.75) is 70.2 Å². The van der Waals surface area contributed by atoms with Crippen molar-refractivity contribution in [2.24, 2.45) is 0 Å². The lowest BCUT2D eigenvalue weighted by Gasteiger charge is -2.23. The standard InChI is InChI=1S/C23H31NO2S/c1-15(2)19-12-20(16(3)4)23(21(13-19)17(5)6)27(25,26)24-14-22(24)18-10-8-7-9-11-18/h7-13,15-17,22H,14H2,1-6H3. The molecule has 0 aromatic heterocycles. The van der Waals surface area contributed by atoms with Crippen LogP contribution in [-0.4, -0.2) is 19.3 Å². The molecule has 0 radical (unpaired) electrons. The Bertz CT molecular complexity index is 886. The molecule has 2 unspecified atom stereocenters. The van der Waals surface area contributed by atoms with Gasteiger partial charge in [-0.25, -0.2) is 8.42 Å². The lowest BCUT2D eigenvalue weighted by molar-refractivity contribution is 0.549. The molecule has 27 heavy (non-hydrogen) atoms. The van der Waals surface area contributed by atoms with Crippen LogP contribution < -0.4 is 0 Å². The summed E-state index contributed by atoms with van der Waals surface area (Å²) in [5.41, 5.74) is 4.18. The number of nitrogens with zero attached hydrogens (tertiary/aromatic N) is 1. The van der Waals surface area contributed by atoms with Gasteiger partial charge in [-0.1, -0.05) is 84.0 Å². The van der Waals surface area contributed by atoms with Crippen molar-refractivity contribution >= 4 is 10.0 Å². The third-order valence-corrected chi connectivity index (χ3v) is 7.41. The molecule has 0 N–H and O–H groups in total. The van der Waals surface area contributed by atoms with Crippen LogP contribution in [0.2, 0.25) is 0 Å². The molecule has 0 spiro atoms. The minimum atomic E-state index is -3.52. The molecule has 0 bridgehead atoms. The van der Waals surface area contributed by atoms with E-state index >= 15 is 0 Å². The van der Waals surface area contributed by atoms with E-state index in [1.165, 1.54) is 5.56 Å². The maximum atomic E-state index is 13.6. The number of sulfonamides is 1. The van der Waals surface area contributed by atoms with E-state index in [1.54, 1.807) is 4.31 Å². The third kappa shape index (κ3) is 3.83. The summed E-state index contributed by atoms with van der Waals surface area (Å²) in [7, 11) is -3.52. The van der Waals surface area contributed by atoms with Gasteiger partial charge in [0.1, 0.15) is 0 Å². The summed E-state index contributed by atoms with van der Waals surface area (Å²) in [6.45, 7) is 13.2. The highest BCUT2D eigenvalue weighted by molar-refractivity contribution is 7.89. The van der Waals surface area contributed by atoms with Crippen molar-refractivity contribution in [3.8, 4) is 0 Å². The largest absolute Gasteiger partial charge is 0.244 e. The summed E-state index contributed by atoms with van der Waals surface area (Å²) in [6, 6.07) is 14.1. The summed E-state index contributed by atoms with van der Waals surface area (Å²) >= 11 is 0. The van der Waals surface area contributed by atoms with E-state index in [0.29, 0.717) is 17.4 Å². The predicted octanol–water partition coefficient (Wildman–Crippen LogP) is 5.80. The molecular formula is C23H31NO2S. The monoisotopic (exact) mass is 385 g/mol. The fourth-order valence-corrected chi connectivity index (χ4v) is 5.85. The Morgan fingerprint density at radius 3 is 1.81 bits per heavy atom. The van der Waals surface area contributed by atoms with Gasteiger partial charge in [-0.2, -0.15) is 4.31 Å². The van der Waals surface area contributed by atoms with Gasteiger partial charge in [0.25, 0.3) is 0 Å². The van der Waals surface area contributed by atoms with E-state index in [2.05, 4.69) is 53.7 Å². The summed E-state index contributed by atoms with van der Waals surface area (Å²) in [6.07, 6.45) is 0. The van der Waals surface area contributed by atoms with Gasteiger partial charge in [0.2, 0.25) is 10.0 Å². The van der Waals surface area contributed by atoms with Gasteiger partial charge in [-0.15, -0.1) is 0 Å². The third-order valence-electron chi connectivity index (χ3n) is 5.40. The molecule has 1 aliphatic rings. The Morgan fingerprint density at radius 2 is 1.37 bits per heavy atom. The Balaban J connectivity index is 2.12. The lowest BCUT2D eigenvalue weighted by atomic mass is 9.89. The fraction of sp³-hybridized carbons (Fsp3) is 0.478. The first kappa shape index (κ1) is 20.1. The average molecular weight is 386 g/mol. The van der Waals surface area contributed by atoms with Crippen LogP contribution >= 0.6 is 0 Å². The van der Waals surface area contributed by atoms with Crippen molar-refractivity contribution in [3.63, 3.8) is 0 Å². The topological polar surface area (TPSA) is 37.1 Å². The van der Waals surface area contributed by atoms with Crippen molar-refractivity contribution < 1.29 is 8.42 Å². The molecule has 2 aromatic rings. The van der Waals surface area contributed by atoms with Crippen molar-refractivity contribution in [1.82, 2.24) is 4.31 Å². The zero-order valence-electron chi connectivity index (χ0n) is 17.2. The minimum absolute atomic E-state index is 0.0407. The summed E-state index contributed by atoms with van der Waals surface area (Å²) in [5.74, 6) is 0.678. The van der Waals surface area contributed by atoms with Gasteiger partial charge in [-0.3, -0.25) is 0 Å². The van der Waals surface area contributed by atoms with E-state index in [9.17, 15) is 8.42 Å². The Morgan fingerprint density at radius 1 is 0.852 bits per heavy atom. The minimum Gasteiger partial charge on any atom is -0.207 e. The Labute approximate surface area is 164 Å². The van der Waals surface area contributed by atoms with Crippen LogP contribution in [0.25, 0.3) is 0 Å². The van der Waals surface area contributed by atoms with Crippen molar-refractivity contribution in [3.05, 3.63) is 64.7 Å². The molecule has 1 heterocycles. The molecule has 2 atom stereocenters. The van der Waals surface area contributed by atoms with Crippen LogP contribution in [0.1, 0.15) is 87.6 Å². The van der Waals surface area contributed by atoms with Crippen LogP contribution in [0.4, 0.5) is 0 Å². The summed E-state index contributed by atoms with van der Waals surface area (Å²) in [4.78, 5) is 0.537. The molecule has 2 aromatic carbocycles. The number of benzene rings is 2. The van der Waals surface area contributed by atoms with Crippen LogP contribution in [0.5, 0.6) is 0 Å². The summed E-state index contributed by atoms with van der Waals surface area (Å²) in [5, 5.41) is 0. The number of rotatable bonds is 6. The molecule has 146 valence electrons. The van der Waals surface area contributed by atoms with E-state index in [4.69, 9.17) is 0 Å². The van der Waals surface area contributed by atoms with Gasteiger partial charge < -0.3 is 0 Å². The highest BCUT2D eigenvalue weighted by Crippen LogP contribution is 2.44. The molecule has 1 fully saturated rings. The van der Waals surface area contributed by atoms with Crippen LogP contribution in [0.3, 0.4) is 0 Å². The van der Waals surface area contributed by atoms with E-state index < -0.39 is 10.0 Å². The van der Waals surface area contributed by atoms with Gasteiger partial charge >= 0.3 is 0 Å². The molecule has 3 rings (SSSR count). The Kier molecular flexibility index (Phi) is 5.51. The highest BCUT2D eigenvalue weighted by Gasteiger charge is 2.47. The number of hydrogen-bond acceptors (Lipinski definition) is 2. The summed E-state index contributed by atoms with van der Waals surface area (Å²) < 4.78 is 28.9.